The van der Waals surface area contributed by atoms with Crippen LogP contribution in [0.25, 0.3) is 0 Å². The van der Waals surface area contributed by atoms with Gasteiger partial charge in [-0.2, -0.15) is 0 Å². The average Bonchev–Trinajstić information content (AvgIpc) is 2.45. The molecule has 118 valence electrons. The summed E-state index contributed by atoms with van der Waals surface area (Å²) in [5.41, 5.74) is 2.60. The number of hydrogen-bond donors (Lipinski definition) is 1. The van der Waals surface area contributed by atoms with Gasteiger partial charge in [-0.05, 0) is 58.1 Å². The molecule has 2 rings (SSSR count). The lowest BCUT2D eigenvalue weighted by Crippen LogP contribution is -2.36. The first-order valence-electron chi connectivity index (χ1n) is 8.35. The molecule has 3 nitrogen and oxygen atoms in total. The van der Waals surface area contributed by atoms with Crippen molar-refractivity contribution >= 4 is 5.82 Å². The van der Waals surface area contributed by atoms with Crippen LogP contribution in [0.2, 0.25) is 0 Å². The van der Waals surface area contributed by atoms with Gasteiger partial charge in [0, 0.05) is 30.9 Å². The maximum absolute atomic E-state index is 4.85. The van der Waals surface area contributed by atoms with Crippen molar-refractivity contribution in [2.24, 2.45) is 5.92 Å². The van der Waals surface area contributed by atoms with Crippen LogP contribution in [0.3, 0.4) is 0 Å². The van der Waals surface area contributed by atoms with E-state index in [1.807, 2.05) is 0 Å². The third kappa shape index (κ3) is 4.70. The topological polar surface area (TPSA) is 28.2 Å². The molecule has 1 aliphatic heterocycles. The molecule has 0 aromatic carbocycles. The number of rotatable bonds is 4. The Morgan fingerprint density at radius 1 is 1.33 bits per heavy atom. The lowest BCUT2D eigenvalue weighted by Gasteiger charge is -2.33. The number of aromatic nitrogens is 1. The number of nitrogens with one attached hydrogen (secondary N) is 1. The molecular weight excluding hydrogens is 258 g/mol. The summed E-state index contributed by atoms with van der Waals surface area (Å²) in [7, 11) is 0. The van der Waals surface area contributed by atoms with Crippen molar-refractivity contribution in [3.05, 3.63) is 23.4 Å². The van der Waals surface area contributed by atoms with Gasteiger partial charge in [-0.3, -0.25) is 0 Å². The smallest absolute Gasteiger partial charge is 0.128 e. The molecule has 1 saturated heterocycles. The molecule has 2 heterocycles. The minimum Gasteiger partial charge on any atom is -0.356 e. The lowest BCUT2D eigenvalue weighted by atomic mass is 9.95. The maximum atomic E-state index is 4.85. The van der Waals surface area contributed by atoms with Crippen LogP contribution in [0.1, 0.15) is 58.2 Å². The quantitative estimate of drug-likeness (QED) is 0.911. The monoisotopic (exact) mass is 289 g/mol. The summed E-state index contributed by atoms with van der Waals surface area (Å²) in [5.74, 6) is 1.99. The Hall–Kier alpha value is -1.09. The fraction of sp³-hybridized carbons (Fsp3) is 0.722. The first-order valence-corrected chi connectivity index (χ1v) is 8.35. The van der Waals surface area contributed by atoms with Gasteiger partial charge in [0.2, 0.25) is 0 Å². The first kappa shape index (κ1) is 16.3. The predicted molar refractivity (Wildman–Crippen MR) is 90.8 cm³/mol. The summed E-state index contributed by atoms with van der Waals surface area (Å²) < 4.78 is 0. The Morgan fingerprint density at radius 3 is 2.71 bits per heavy atom. The fourth-order valence-electron chi connectivity index (χ4n) is 2.91. The van der Waals surface area contributed by atoms with Gasteiger partial charge in [-0.1, -0.05) is 19.4 Å². The highest BCUT2D eigenvalue weighted by Gasteiger charge is 2.20. The van der Waals surface area contributed by atoms with Gasteiger partial charge in [0.15, 0.2) is 0 Å². The van der Waals surface area contributed by atoms with Crippen LogP contribution in [-0.2, 0) is 6.54 Å². The zero-order valence-corrected chi connectivity index (χ0v) is 14.4. The Balaban J connectivity index is 2.04. The zero-order valence-electron chi connectivity index (χ0n) is 14.4. The third-order valence-corrected chi connectivity index (χ3v) is 4.41. The second-order valence-corrected chi connectivity index (χ2v) is 7.38. The molecule has 0 amide bonds. The van der Waals surface area contributed by atoms with E-state index in [9.17, 15) is 0 Å². The summed E-state index contributed by atoms with van der Waals surface area (Å²) in [6.45, 7) is 14.2. The van der Waals surface area contributed by atoms with Crippen LogP contribution >= 0.6 is 0 Å². The average molecular weight is 289 g/mol. The van der Waals surface area contributed by atoms with Crippen LogP contribution in [-0.4, -0.2) is 23.6 Å². The number of aryl methyl sites for hydroxylation is 1. The minimum absolute atomic E-state index is 0.145. The molecule has 1 aromatic rings. The van der Waals surface area contributed by atoms with Gasteiger partial charge in [-0.25, -0.2) is 4.98 Å². The molecular formula is C18H31N3. The minimum atomic E-state index is 0.145. The van der Waals surface area contributed by atoms with Crippen molar-refractivity contribution in [2.45, 2.75) is 66.0 Å². The highest BCUT2D eigenvalue weighted by atomic mass is 15.2. The van der Waals surface area contributed by atoms with Crippen molar-refractivity contribution in [2.75, 3.05) is 18.0 Å². The van der Waals surface area contributed by atoms with Gasteiger partial charge < -0.3 is 10.2 Å². The van der Waals surface area contributed by atoms with Gasteiger partial charge in [0.05, 0.1) is 0 Å². The van der Waals surface area contributed by atoms with Crippen LogP contribution in [0.5, 0.6) is 0 Å². The number of anilines is 1. The van der Waals surface area contributed by atoms with Crippen molar-refractivity contribution in [3.63, 3.8) is 0 Å². The highest BCUT2D eigenvalue weighted by molar-refractivity contribution is 5.42. The molecule has 0 radical (unpaired) electrons. The van der Waals surface area contributed by atoms with Crippen molar-refractivity contribution < 1.29 is 0 Å². The van der Waals surface area contributed by atoms with Crippen LogP contribution in [0, 0.1) is 12.8 Å². The molecule has 0 spiro atoms. The van der Waals surface area contributed by atoms with E-state index in [0.29, 0.717) is 0 Å². The normalized spacial score (nSPS) is 19.9. The molecule has 1 unspecified atom stereocenters. The number of hydrogen-bond acceptors (Lipinski definition) is 3. The zero-order chi connectivity index (χ0) is 15.5. The molecule has 0 aliphatic carbocycles. The molecule has 1 fully saturated rings. The largest absolute Gasteiger partial charge is 0.356 e. The van der Waals surface area contributed by atoms with E-state index in [2.05, 4.69) is 57.0 Å². The fourth-order valence-corrected chi connectivity index (χ4v) is 2.91. The van der Waals surface area contributed by atoms with Crippen molar-refractivity contribution in [3.8, 4) is 0 Å². The molecule has 1 aromatic heterocycles. The summed E-state index contributed by atoms with van der Waals surface area (Å²) in [5, 5.41) is 3.54. The summed E-state index contributed by atoms with van der Waals surface area (Å²) in [4.78, 5) is 7.32. The second kappa shape index (κ2) is 6.78. The third-order valence-electron chi connectivity index (χ3n) is 4.41. The summed E-state index contributed by atoms with van der Waals surface area (Å²) >= 11 is 0. The number of piperidine rings is 1. The molecule has 0 saturated carbocycles. The van der Waals surface area contributed by atoms with Crippen molar-refractivity contribution in [1.82, 2.24) is 10.3 Å². The molecule has 1 N–H and O–H groups in total. The predicted octanol–water partition coefficient (Wildman–Crippen LogP) is 3.90. The first-order chi connectivity index (χ1) is 9.89. The lowest BCUT2D eigenvalue weighted by molar-refractivity contribution is 0.402. The Bertz CT molecular complexity index is 462. The van der Waals surface area contributed by atoms with E-state index in [4.69, 9.17) is 4.98 Å². The molecule has 1 atom stereocenters. The standard InChI is InChI=1S/C18H31N3/c1-6-15-8-7-11-21(13-15)17-10-9-16(14(2)20-17)12-19-18(3,4)5/h9-10,15,19H,6-8,11-13H2,1-5H3. The second-order valence-electron chi connectivity index (χ2n) is 7.38. The van der Waals surface area contributed by atoms with E-state index < -0.39 is 0 Å². The van der Waals surface area contributed by atoms with E-state index in [-0.39, 0.29) is 5.54 Å². The SMILES string of the molecule is CCC1CCCN(c2ccc(CNC(C)(C)C)c(C)n2)C1. The summed E-state index contributed by atoms with van der Waals surface area (Å²) in [6, 6.07) is 4.44. The van der Waals surface area contributed by atoms with Crippen LogP contribution < -0.4 is 10.2 Å². The van der Waals surface area contributed by atoms with Crippen LogP contribution in [0.15, 0.2) is 12.1 Å². The Kier molecular flexibility index (Phi) is 5.26. The number of nitrogens with zero attached hydrogens (tertiary/aromatic N) is 2. The molecule has 1 aliphatic rings. The van der Waals surface area contributed by atoms with Crippen LogP contribution in [0.4, 0.5) is 5.82 Å². The maximum Gasteiger partial charge on any atom is 0.128 e. The molecule has 3 heteroatoms. The van der Waals surface area contributed by atoms with E-state index >= 15 is 0 Å². The van der Waals surface area contributed by atoms with Crippen molar-refractivity contribution in [1.29, 1.82) is 0 Å². The Morgan fingerprint density at radius 2 is 2.10 bits per heavy atom. The highest BCUT2D eigenvalue weighted by Crippen LogP contribution is 2.24. The molecule has 21 heavy (non-hydrogen) atoms. The van der Waals surface area contributed by atoms with Gasteiger partial charge in [0.1, 0.15) is 5.82 Å². The molecule has 0 bridgehead atoms. The van der Waals surface area contributed by atoms with Gasteiger partial charge in [0.25, 0.3) is 0 Å². The number of pyridine rings is 1. The van der Waals surface area contributed by atoms with E-state index in [1.54, 1.807) is 0 Å². The summed E-state index contributed by atoms with van der Waals surface area (Å²) in [6.07, 6.45) is 3.95. The van der Waals surface area contributed by atoms with Gasteiger partial charge >= 0.3 is 0 Å². The van der Waals surface area contributed by atoms with E-state index in [0.717, 1.165) is 30.5 Å². The van der Waals surface area contributed by atoms with E-state index in [1.165, 1.54) is 31.4 Å². The van der Waals surface area contributed by atoms with Gasteiger partial charge in [-0.15, -0.1) is 0 Å². The Labute approximate surface area is 130 Å².